The van der Waals surface area contributed by atoms with Crippen LogP contribution < -0.4 is 11.1 Å². The molecule has 0 atom stereocenters. The van der Waals surface area contributed by atoms with Crippen LogP contribution >= 0.6 is 48.0 Å². The van der Waals surface area contributed by atoms with E-state index in [1.54, 1.807) is 0 Å². The third kappa shape index (κ3) is 4.33. The van der Waals surface area contributed by atoms with Crippen LogP contribution in [0.4, 0.5) is 4.79 Å². The van der Waals surface area contributed by atoms with Crippen molar-refractivity contribution in [2.24, 2.45) is 5.73 Å². The maximum absolute atomic E-state index is 11.4. The molecule has 23 heavy (non-hydrogen) atoms. The molecule has 0 heterocycles. The molecule has 0 aromatic heterocycles. The molecule has 0 unspecified atom stereocenters. The molecule has 0 aromatic carbocycles. The molecule has 1 amide bonds. The largest absolute Gasteiger partial charge is 0.444 e. The summed E-state index contributed by atoms with van der Waals surface area (Å²) in [5.41, 5.74) is 5.42. The van der Waals surface area contributed by atoms with Crippen molar-refractivity contribution in [3.63, 3.8) is 0 Å². The van der Waals surface area contributed by atoms with Crippen LogP contribution in [-0.2, 0) is 4.74 Å². The monoisotopic (exact) mass is 406 g/mol. The number of alkyl carbamates (subject to hydrolysis) is 1. The van der Waals surface area contributed by atoms with Gasteiger partial charge in [-0.05, 0) is 59.3 Å². The number of hydrogen-bond acceptors (Lipinski definition) is 3. The lowest BCUT2D eigenvalue weighted by Gasteiger charge is -2.67. The van der Waals surface area contributed by atoms with Gasteiger partial charge >= 0.3 is 6.09 Å². The summed E-state index contributed by atoms with van der Waals surface area (Å²) in [6.07, 6.45) is 5.52. The summed E-state index contributed by atoms with van der Waals surface area (Å²) in [4.78, 5) is 11.6. The maximum atomic E-state index is 11.4. The van der Waals surface area contributed by atoms with Crippen molar-refractivity contribution in [2.75, 3.05) is 0 Å². The van der Waals surface area contributed by atoms with E-state index in [1.807, 2.05) is 20.8 Å². The van der Waals surface area contributed by atoms with Gasteiger partial charge in [0, 0.05) is 16.0 Å². The van der Waals surface area contributed by atoms with E-state index in [1.165, 1.54) is 0 Å². The first-order valence-corrected chi connectivity index (χ1v) is 8.28. The number of carbonyl (C=O) groups is 1. The highest BCUT2D eigenvalue weighted by atomic mass is 35.5. The average Bonchev–Trinajstić information content (AvgIpc) is 2.07. The molecule has 0 spiro atoms. The molecule has 6 aliphatic rings. The summed E-state index contributed by atoms with van der Waals surface area (Å²) in [6, 6.07) is 0. The first-order valence-electron chi connectivity index (χ1n) is 7.52. The Kier molecular flexibility index (Phi) is 5.57. The average molecular weight is 408 g/mol. The van der Waals surface area contributed by atoms with E-state index in [9.17, 15) is 4.79 Å². The number of halogens is 4. The van der Waals surface area contributed by atoms with Gasteiger partial charge < -0.3 is 15.8 Å². The molecule has 0 radical (unpaired) electrons. The standard InChI is InChI=1S/C10H16ClNO2.C5H8ClN.2ClH/c1-8(2,3)14-7(13)12-10-4-9(11,5-10)6-10;6-4-1-5(7,2-4)3-4;;/h4-6H2,1-3H3,(H,12,13);1-3,7H2;2*1H. The third-order valence-electron chi connectivity index (χ3n) is 4.74. The second-order valence-corrected chi connectivity index (χ2v) is 10.2. The number of hydrogen-bond donors (Lipinski definition) is 2. The molecule has 4 bridgehead atoms. The van der Waals surface area contributed by atoms with Crippen LogP contribution in [0.1, 0.15) is 59.3 Å². The highest BCUT2D eigenvalue weighted by Gasteiger charge is 2.68. The van der Waals surface area contributed by atoms with E-state index in [4.69, 9.17) is 33.7 Å². The minimum Gasteiger partial charge on any atom is -0.444 e. The van der Waals surface area contributed by atoms with Crippen LogP contribution in [-0.4, -0.2) is 32.5 Å². The number of carbonyl (C=O) groups excluding carboxylic acids is 1. The Morgan fingerprint density at radius 1 is 1.00 bits per heavy atom. The molecule has 6 rings (SSSR count). The minimum absolute atomic E-state index is 0. The van der Waals surface area contributed by atoms with Gasteiger partial charge in [-0.3, -0.25) is 0 Å². The van der Waals surface area contributed by atoms with Crippen molar-refractivity contribution in [3.8, 4) is 0 Å². The lowest BCUT2D eigenvalue weighted by atomic mass is 9.49. The van der Waals surface area contributed by atoms with Crippen LogP contribution in [0.25, 0.3) is 0 Å². The zero-order valence-electron chi connectivity index (χ0n) is 13.7. The predicted octanol–water partition coefficient (Wildman–Crippen LogP) is 4.13. The van der Waals surface area contributed by atoms with Gasteiger partial charge in [0.25, 0.3) is 0 Å². The van der Waals surface area contributed by atoms with E-state index in [-0.39, 0.29) is 51.7 Å². The summed E-state index contributed by atoms with van der Waals surface area (Å²) < 4.78 is 5.17. The Morgan fingerprint density at radius 2 is 1.39 bits per heavy atom. The van der Waals surface area contributed by atoms with E-state index in [2.05, 4.69) is 5.32 Å². The molecule has 3 N–H and O–H groups in total. The smallest absolute Gasteiger partial charge is 0.408 e. The molecule has 4 nitrogen and oxygen atoms in total. The number of alkyl halides is 2. The van der Waals surface area contributed by atoms with E-state index < -0.39 is 5.60 Å². The molecule has 0 aromatic rings. The fourth-order valence-electron chi connectivity index (χ4n) is 4.05. The number of amides is 1. The summed E-state index contributed by atoms with van der Waals surface area (Å²) in [6.45, 7) is 5.58. The van der Waals surface area contributed by atoms with Crippen LogP contribution in [0.3, 0.4) is 0 Å². The van der Waals surface area contributed by atoms with E-state index >= 15 is 0 Å². The van der Waals surface area contributed by atoms with E-state index in [0.717, 1.165) is 38.5 Å². The van der Waals surface area contributed by atoms with Crippen molar-refractivity contribution in [2.45, 2.75) is 85.7 Å². The van der Waals surface area contributed by atoms with Crippen LogP contribution in [0.2, 0.25) is 0 Å². The van der Waals surface area contributed by atoms with Gasteiger partial charge in [-0.15, -0.1) is 48.0 Å². The van der Waals surface area contributed by atoms with Gasteiger partial charge in [-0.1, -0.05) is 0 Å². The molecule has 8 heteroatoms. The highest BCUT2D eigenvalue weighted by Crippen LogP contribution is 2.64. The predicted molar refractivity (Wildman–Crippen MR) is 98.4 cm³/mol. The Hall–Kier alpha value is 0.390. The first kappa shape index (κ1) is 21.4. The maximum Gasteiger partial charge on any atom is 0.408 e. The molecule has 6 fully saturated rings. The summed E-state index contributed by atoms with van der Waals surface area (Å²) in [7, 11) is 0. The van der Waals surface area contributed by atoms with Crippen LogP contribution in [0.15, 0.2) is 0 Å². The van der Waals surface area contributed by atoms with Gasteiger partial charge in [0.2, 0.25) is 0 Å². The molecule has 6 saturated carbocycles. The lowest BCUT2D eigenvalue weighted by molar-refractivity contribution is -0.0343. The molecule has 0 aliphatic heterocycles. The molecular formula is C15H26Cl4N2O2. The van der Waals surface area contributed by atoms with Gasteiger partial charge in [0.05, 0.1) is 4.87 Å². The summed E-state index contributed by atoms with van der Waals surface area (Å²) >= 11 is 12.0. The molecule has 6 aliphatic carbocycles. The molecular weight excluding hydrogens is 382 g/mol. The van der Waals surface area contributed by atoms with Crippen LogP contribution in [0.5, 0.6) is 0 Å². The van der Waals surface area contributed by atoms with Crippen molar-refractivity contribution >= 4 is 54.1 Å². The van der Waals surface area contributed by atoms with Gasteiger partial charge in [0.15, 0.2) is 0 Å². The molecule has 0 saturated heterocycles. The first-order chi connectivity index (χ1) is 9.34. The topological polar surface area (TPSA) is 64.3 Å². The third-order valence-corrected chi connectivity index (χ3v) is 5.54. The second kappa shape index (κ2) is 5.98. The number of ether oxygens (including phenoxy) is 1. The summed E-state index contributed by atoms with van der Waals surface area (Å²) in [5, 5.41) is 2.89. The van der Waals surface area contributed by atoms with E-state index in [0.29, 0.717) is 0 Å². The van der Waals surface area contributed by atoms with Crippen molar-refractivity contribution in [1.29, 1.82) is 0 Å². The Morgan fingerprint density at radius 3 is 1.61 bits per heavy atom. The molecule has 136 valence electrons. The fourth-order valence-corrected chi connectivity index (χ4v) is 5.62. The SMILES string of the molecule is CC(C)(C)OC(=O)NC12CC(Cl)(C1)C2.Cl.Cl.NC12CC(Cl)(C1)C2. The van der Waals surface area contributed by atoms with Gasteiger partial charge in [-0.2, -0.15) is 0 Å². The van der Waals surface area contributed by atoms with Crippen LogP contribution in [0, 0.1) is 0 Å². The zero-order chi connectivity index (χ0) is 15.7. The second-order valence-electron chi connectivity index (χ2n) is 8.63. The highest BCUT2D eigenvalue weighted by molar-refractivity contribution is 6.26. The normalized spacial score (nSPS) is 44.1. The van der Waals surface area contributed by atoms with Gasteiger partial charge in [0.1, 0.15) is 5.60 Å². The minimum atomic E-state index is -0.424. The fraction of sp³-hybridized carbons (Fsp3) is 0.933. The number of nitrogens with one attached hydrogen (secondary N) is 1. The number of nitrogens with two attached hydrogens (primary N) is 1. The number of rotatable bonds is 1. The van der Waals surface area contributed by atoms with Gasteiger partial charge in [-0.25, -0.2) is 4.79 Å². The zero-order valence-corrected chi connectivity index (χ0v) is 16.9. The van der Waals surface area contributed by atoms with Crippen molar-refractivity contribution < 1.29 is 9.53 Å². The lowest BCUT2D eigenvalue weighted by Crippen LogP contribution is -2.76. The Bertz CT molecular complexity index is 441. The Labute approximate surface area is 160 Å². The summed E-state index contributed by atoms with van der Waals surface area (Å²) in [5.74, 6) is 0. The van der Waals surface area contributed by atoms with Crippen molar-refractivity contribution in [3.05, 3.63) is 0 Å². The Balaban J connectivity index is 0.000000249. The van der Waals surface area contributed by atoms with Crippen molar-refractivity contribution in [1.82, 2.24) is 5.32 Å². The quantitative estimate of drug-likeness (QED) is 0.642.